The number of nitrogens with one attached hydrogen (secondary N) is 1. The van der Waals surface area contributed by atoms with E-state index in [2.05, 4.69) is 16.1 Å². The van der Waals surface area contributed by atoms with Gasteiger partial charge in [0.1, 0.15) is 18.2 Å². The summed E-state index contributed by atoms with van der Waals surface area (Å²) in [6.07, 6.45) is 6.76. The molecule has 0 saturated carbocycles. The molecule has 1 saturated heterocycles. The molecular weight excluding hydrogens is 355 g/mol. The highest BCUT2D eigenvalue weighted by Crippen LogP contribution is 2.33. The Hall–Kier alpha value is -2.84. The van der Waals surface area contributed by atoms with Gasteiger partial charge in [-0.25, -0.2) is 4.39 Å². The highest BCUT2D eigenvalue weighted by Gasteiger charge is 2.36. The first kappa shape index (κ1) is 19.9. The molecule has 0 atom stereocenters. The summed E-state index contributed by atoms with van der Waals surface area (Å²) in [7, 11) is 0. The maximum absolute atomic E-state index is 13.3. The lowest BCUT2D eigenvalue weighted by Crippen LogP contribution is -2.52. The summed E-state index contributed by atoms with van der Waals surface area (Å²) in [4.78, 5) is 14.2. The number of likely N-dealkylation sites (tertiary alicyclic amines) is 1. The summed E-state index contributed by atoms with van der Waals surface area (Å²) in [5, 5.41) is 3.12. The number of terminal acetylenes is 1. The highest BCUT2D eigenvalue weighted by molar-refractivity contribution is 5.74. The van der Waals surface area contributed by atoms with Crippen molar-refractivity contribution >= 4 is 5.91 Å². The molecule has 1 aliphatic rings. The number of rotatable bonds is 6. The predicted octanol–water partition coefficient (Wildman–Crippen LogP) is 3.47. The molecule has 0 spiro atoms. The van der Waals surface area contributed by atoms with Crippen molar-refractivity contribution in [2.45, 2.75) is 31.8 Å². The first-order valence-electron chi connectivity index (χ1n) is 9.43. The second-order valence-electron chi connectivity index (χ2n) is 7.18. The van der Waals surface area contributed by atoms with Gasteiger partial charge in [0, 0.05) is 26.6 Å². The van der Waals surface area contributed by atoms with E-state index in [9.17, 15) is 9.18 Å². The van der Waals surface area contributed by atoms with Crippen molar-refractivity contribution in [2.75, 3.05) is 19.7 Å². The predicted molar refractivity (Wildman–Crippen MR) is 107 cm³/mol. The standard InChI is InChI=1S/C23H25FN2O2/c1-3-16-28-22-10-4-19(5-11-22)17-26-14-12-23(13-15-26,25-18(2)27)20-6-8-21(24)9-7-20/h1,4-11H,12-17H2,2H3,(H,25,27). The van der Waals surface area contributed by atoms with Gasteiger partial charge < -0.3 is 10.1 Å². The van der Waals surface area contributed by atoms with Crippen LogP contribution in [0.4, 0.5) is 4.39 Å². The second-order valence-corrected chi connectivity index (χ2v) is 7.18. The Bertz CT molecular complexity index is 832. The van der Waals surface area contributed by atoms with Crippen LogP contribution in [-0.4, -0.2) is 30.5 Å². The van der Waals surface area contributed by atoms with Crippen LogP contribution in [0.15, 0.2) is 48.5 Å². The molecule has 1 heterocycles. The van der Waals surface area contributed by atoms with Crippen LogP contribution in [0.3, 0.4) is 0 Å². The third-order valence-corrected chi connectivity index (χ3v) is 5.17. The third kappa shape index (κ3) is 4.90. The van der Waals surface area contributed by atoms with Gasteiger partial charge in [-0.05, 0) is 48.2 Å². The molecule has 1 amide bonds. The van der Waals surface area contributed by atoms with Crippen molar-refractivity contribution < 1.29 is 13.9 Å². The first-order chi connectivity index (χ1) is 13.5. The SMILES string of the molecule is C#CCOc1ccc(CN2CCC(NC(C)=O)(c3ccc(F)cc3)CC2)cc1. The molecule has 3 rings (SSSR count). The van der Waals surface area contributed by atoms with E-state index < -0.39 is 5.54 Å². The van der Waals surface area contributed by atoms with E-state index in [0.29, 0.717) is 0 Å². The number of hydrogen-bond acceptors (Lipinski definition) is 3. The van der Waals surface area contributed by atoms with Gasteiger partial charge in [0.25, 0.3) is 0 Å². The van der Waals surface area contributed by atoms with Gasteiger partial charge in [0.15, 0.2) is 0 Å². The van der Waals surface area contributed by atoms with E-state index in [-0.39, 0.29) is 18.3 Å². The summed E-state index contributed by atoms with van der Waals surface area (Å²) in [6, 6.07) is 14.4. The zero-order valence-electron chi connectivity index (χ0n) is 16.1. The van der Waals surface area contributed by atoms with Crippen LogP contribution in [0.1, 0.15) is 30.9 Å². The van der Waals surface area contributed by atoms with E-state index in [1.807, 2.05) is 24.3 Å². The van der Waals surface area contributed by atoms with Gasteiger partial charge in [-0.2, -0.15) is 0 Å². The number of amides is 1. The van der Waals surface area contributed by atoms with Crippen molar-refractivity contribution in [1.29, 1.82) is 0 Å². The Labute approximate surface area is 165 Å². The maximum Gasteiger partial charge on any atom is 0.217 e. The molecule has 1 N–H and O–H groups in total. The minimum atomic E-state index is -0.442. The molecule has 0 aromatic heterocycles. The van der Waals surface area contributed by atoms with Crippen LogP contribution in [0.25, 0.3) is 0 Å². The van der Waals surface area contributed by atoms with Crippen molar-refractivity contribution in [3.05, 3.63) is 65.5 Å². The molecule has 0 bridgehead atoms. The highest BCUT2D eigenvalue weighted by atomic mass is 19.1. The zero-order chi connectivity index (χ0) is 20.0. The normalized spacial score (nSPS) is 16.2. The van der Waals surface area contributed by atoms with Gasteiger partial charge in [0.05, 0.1) is 5.54 Å². The molecule has 0 radical (unpaired) electrons. The Balaban J connectivity index is 1.64. The molecule has 0 unspecified atom stereocenters. The lowest BCUT2D eigenvalue weighted by Gasteiger charge is -2.42. The molecular formula is C23H25FN2O2. The van der Waals surface area contributed by atoms with Crippen LogP contribution in [0.5, 0.6) is 5.75 Å². The van der Waals surface area contributed by atoms with Crippen molar-refractivity contribution in [3.63, 3.8) is 0 Å². The average Bonchev–Trinajstić information content (AvgIpc) is 2.69. The number of carbonyl (C=O) groups is 1. The van der Waals surface area contributed by atoms with Crippen molar-refractivity contribution in [2.24, 2.45) is 0 Å². The summed E-state index contributed by atoms with van der Waals surface area (Å²) in [5.41, 5.74) is 1.71. The second kappa shape index (κ2) is 8.90. The quantitative estimate of drug-likeness (QED) is 0.781. The number of nitrogens with zero attached hydrogens (tertiary/aromatic N) is 1. The van der Waals surface area contributed by atoms with Crippen LogP contribution in [-0.2, 0) is 16.9 Å². The van der Waals surface area contributed by atoms with Gasteiger partial charge in [-0.15, -0.1) is 6.42 Å². The number of halogens is 1. The fourth-order valence-electron chi connectivity index (χ4n) is 3.76. The molecule has 4 nitrogen and oxygen atoms in total. The summed E-state index contributed by atoms with van der Waals surface area (Å²) < 4.78 is 18.7. The number of carbonyl (C=O) groups excluding carboxylic acids is 1. The van der Waals surface area contributed by atoms with E-state index >= 15 is 0 Å². The Morgan fingerprint density at radius 2 is 1.82 bits per heavy atom. The monoisotopic (exact) mass is 380 g/mol. The third-order valence-electron chi connectivity index (χ3n) is 5.17. The summed E-state index contributed by atoms with van der Waals surface area (Å²) >= 11 is 0. The maximum atomic E-state index is 13.3. The number of hydrogen-bond donors (Lipinski definition) is 1. The number of benzene rings is 2. The van der Waals surface area contributed by atoms with Gasteiger partial charge in [0.2, 0.25) is 5.91 Å². The molecule has 146 valence electrons. The fourth-order valence-corrected chi connectivity index (χ4v) is 3.76. The topological polar surface area (TPSA) is 41.6 Å². The van der Waals surface area contributed by atoms with E-state index in [0.717, 1.165) is 43.8 Å². The lowest BCUT2D eigenvalue weighted by molar-refractivity contribution is -0.121. The zero-order valence-corrected chi connectivity index (χ0v) is 16.1. The van der Waals surface area contributed by atoms with Gasteiger partial charge in [-0.3, -0.25) is 9.69 Å². The van der Waals surface area contributed by atoms with Crippen molar-refractivity contribution in [1.82, 2.24) is 10.2 Å². The fraction of sp³-hybridized carbons (Fsp3) is 0.348. The molecule has 1 aliphatic heterocycles. The number of ether oxygens (including phenoxy) is 1. The number of piperidine rings is 1. The van der Waals surface area contributed by atoms with E-state index in [4.69, 9.17) is 11.2 Å². The Kier molecular flexibility index (Phi) is 6.33. The largest absolute Gasteiger partial charge is 0.481 e. The van der Waals surface area contributed by atoms with Gasteiger partial charge >= 0.3 is 0 Å². The van der Waals surface area contributed by atoms with Crippen molar-refractivity contribution in [3.8, 4) is 18.1 Å². The Morgan fingerprint density at radius 1 is 1.18 bits per heavy atom. The van der Waals surface area contributed by atoms with E-state index in [1.54, 1.807) is 12.1 Å². The minimum Gasteiger partial charge on any atom is -0.481 e. The van der Waals surface area contributed by atoms with Crippen LogP contribution in [0.2, 0.25) is 0 Å². The van der Waals surface area contributed by atoms with Crippen LogP contribution < -0.4 is 10.1 Å². The molecule has 1 fully saturated rings. The van der Waals surface area contributed by atoms with Crippen LogP contribution >= 0.6 is 0 Å². The Morgan fingerprint density at radius 3 is 2.39 bits per heavy atom. The summed E-state index contributed by atoms with van der Waals surface area (Å²) in [6.45, 7) is 4.30. The molecule has 2 aromatic rings. The smallest absolute Gasteiger partial charge is 0.217 e. The molecule has 2 aromatic carbocycles. The molecule has 0 aliphatic carbocycles. The van der Waals surface area contributed by atoms with Gasteiger partial charge in [-0.1, -0.05) is 30.2 Å². The average molecular weight is 380 g/mol. The molecule has 28 heavy (non-hydrogen) atoms. The van der Waals surface area contributed by atoms with E-state index in [1.165, 1.54) is 24.6 Å². The minimum absolute atomic E-state index is 0.0691. The summed E-state index contributed by atoms with van der Waals surface area (Å²) in [5.74, 6) is 2.88. The lowest BCUT2D eigenvalue weighted by atomic mass is 9.80. The molecule has 5 heteroatoms. The first-order valence-corrected chi connectivity index (χ1v) is 9.43. The van der Waals surface area contributed by atoms with Crippen LogP contribution in [0, 0.1) is 18.2 Å².